The average Bonchev–Trinajstić information content (AvgIpc) is 3.03. The SMILES string of the molecule is CN(C)C(=O)CN=C(NCC1CCCCC1)NC1CC2CCC(C1)N2Cc1ccccc1. The summed E-state index contributed by atoms with van der Waals surface area (Å²) in [5.41, 5.74) is 1.41. The van der Waals surface area contributed by atoms with Crippen molar-refractivity contribution in [2.75, 3.05) is 27.2 Å². The van der Waals surface area contributed by atoms with Gasteiger partial charge in [-0.1, -0.05) is 49.6 Å². The lowest BCUT2D eigenvalue weighted by atomic mass is 9.89. The molecule has 3 fully saturated rings. The Kier molecular flexibility index (Phi) is 8.06. The van der Waals surface area contributed by atoms with E-state index in [1.165, 1.54) is 50.5 Å². The van der Waals surface area contributed by atoms with Gasteiger partial charge in [-0.3, -0.25) is 9.69 Å². The van der Waals surface area contributed by atoms with Gasteiger partial charge in [0.05, 0.1) is 0 Å². The second-order valence-corrected chi connectivity index (χ2v) is 10.2. The fourth-order valence-electron chi connectivity index (χ4n) is 5.71. The first-order valence-electron chi connectivity index (χ1n) is 12.6. The predicted octanol–water partition coefficient (Wildman–Crippen LogP) is 3.39. The second-order valence-electron chi connectivity index (χ2n) is 10.2. The Morgan fingerprint density at radius 1 is 1.03 bits per heavy atom. The molecule has 6 heteroatoms. The van der Waals surface area contributed by atoms with Crippen molar-refractivity contribution in [2.45, 2.75) is 82.5 Å². The summed E-state index contributed by atoms with van der Waals surface area (Å²) in [4.78, 5) is 21.1. The zero-order valence-electron chi connectivity index (χ0n) is 19.9. The van der Waals surface area contributed by atoms with Crippen LogP contribution in [0.5, 0.6) is 0 Å². The molecule has 2 N–H and O–H groups in total. The maximum Gasteiger partial charge on any atom is 0.243 e. The van der Waals surface area contributed by atoms with E-state index in [-0.39, 0.29) is 12.5 Å². The maximum atomic E-state index is 12.1. The van der Waals surface area contributed by atoms with Crippen LogP contribution in [0, 0.1) is 5.92 Å². The highest BCUT2D eigenvalue weighted by Crippen LogP contribution is 2.36. The molecule has 2 unspecified atom stereocenters. The first kappa shape index (κ1) is 23.1. The molecule has 32 heavy (non-hydrogen) atoms. The molecular formula is C26H41N5O. The van der Waals surface area contributed by atoms with Crippen molar-refractivity contribution in [3.05, 3.63) is 35.9 Å². The Morgan fingerprint density at radius 3 is 2.38 bits per heavy atom. The normalized spacial score (nSPS) is 26.7. The van der Waals surface area contributed by atoms with E-state index in [1.807, 2.05) is 0 Å². The fraction of sp³-hybridized carbons (Fsp3) is 0.692. The van der Waals surface area contributed by atoms with Crippen LogP contribution >= 0.6 is 0 Å². The molecule has 4 rings (SSSR count). The van der Waals surface area contributed by atoms with Crippen LogP contribution in [0.15, 0.2) is 35.3 Å². The monoisotopic (exact) mass is 439 g/mol. The van der Waals surface area contributed by atoms with Gasteiger partial charge in [0.25, 0.3) is 0 Å². The van der Waals surface area contributed by atoms with Crippen molar-refractivity contribution in [3.63, 3.8) is 0 Å². The van der Waals surface area contributed by atoms with Gasteiger partial charge in [0.1, 0.15) is 6.54 Å². The lowest BCUT2D eigenvalue weighted by molar-refractivity contribution is -0.127. The third kappa shape index (κ3) is 6.25. The Labute approximate surface area is 193 Å². The minimum absolute atomic E-state index is 0.0431. The number of hydrogen-bond acceptors (Lipinski definition) is 3. The highest BCUT2D eigenvalue weighted by Gasteiger charge is 2.40. The van der Waals surface area contributed by atoms with Crippen LogP contribution in [0.2, 0.25) is 0 Å². The highest BCUT2D eigenvalue weighted by molar-refractivity contribution is 5.85. The van der Waals surface area contributed by atoms with E-state index in [0.717, 1.165) is 37.8 Å². The van der Waals surface area contributed by atoms with E-state index in [0.29, 0.717) is 18.1 Å². The van der Waals surface area contributed by atoms with Gasteiger partial charge in [-0.25, -0.2) is 4.99 Å². The summed E-state index contributed by atoms with van der Waals surface area (Å²) < 4.78 is 0. The number of likely N-dealkylation sites (N-methyl/N-ethyl adjacent to an activating group) is 1. The van der Waals surface area contributed by atoms with E-state index in [9.17, 15) is 4.79 Å². The molecule has 0 spiro atoms. The molecule has 1 amide bonds. The predicted molar refractivity (Wildman–Crippen MR) is 131 cm³/mol. The quantitative estimate of drug-likeness (QED) is 0.505. The largest absolute Gasteiger partial charge is 0.356 e. The van der Waals surface area contributed by atoms with Crippen molar-refractivity contribution < 1.29 is 4.79 Å². The number of carbonyl (C=O) groups excluding carboxylic acids is 1. The number of amides is 1. The number of fused-ring (bicyclic) bond motifs is 2. The van der Waals surface area contributed by atoms with Gasteiger partial charge >= 0.3 is 0 Å². The number of benzene rings is 1. The molecule has 6 nitrogen and oxygen atoms in total. The van der Waals surface area contributed by atoms with Crippen molar-refractivity contribution in [1.82, 2.24) is 20.4 Å². The van der Waals surface area contributed by atoms with Gasteiger partial charge in [0, 0.05) is 45.3 Å². The molecule has 1 aromatic carbocycles. The molecule has 2 saturated heterocycles. The zero-order valence-corrected chi connectivity index (χ0v) is 19.9. The van der Waals surface area contributed by atoms with E-state index in [2.05, 4.69) is 50.9 Å². The minimum Gasteiger partial charge on any atom is -0.356 e. The van der Waals surface area contributed by atoms with E-state index >= 15 is 0 Å². The molecule has 1 aliphatic carbocycles. The molecule has 176 valence electrons. The number of nitrogens with one attached hydrogen (secondary N) is 2. The number of carbonyl (C=O) groups is 1. The van der Waals surface area contributed by atoms with Gasteiger partial charge in [-0.2, -0.15) is 0 Å². The van der Waals surface area contributed by atoms with Gasteiger partial charge in [-0.05, 0) is 50.0 Å². The lowest BCUT2D eigenvalue weighted by Crippen LogP contribution is -2.53. The summed E-state index contributed by atoms with van der Waals surface area (Å²) in [5.74, 6) is 1.59. The first-order chi connectivity index (χ1) is 15.6. The number of nitrogens with zero attached hydrogens (tertiary/aromatic N) is 3. The van der Waals surface area contributed by atoms with Crippen molar-refractivity contribution in [2.24, 2.45) is 10.9 Å². The molecule has 0 aromatic heterocycles. The van der Waals surface area contributed by atoms with Crippen molar-refractivity contribution >= 4 is 11.9 Å². The molecule has 2 atom stereocenters. The van der Waals surface area contributed by atoms with E-state index in [4.69, 9.17) is 0 Å². The van der Waals surface area contributed by atoms with Crippen molar-refractivity contribution in [3.8, 4) is 0 Å². The molecule has 2 bridgehead atoms. The molecule has 2 aliphatic heterocycles. The summed E-state index contributed by atoms with van der Waals surface area (Å²) in [6.45, 7) is 2.22. The molecule has 1 saturated carbocycles. The standard InChI is InChI=1S/C26H41N5O/c1-30(2)25(32)18-28-26(27-17-20-9-5-3-6-10-20)29-22-15-23-13-14-24(16-22)31(23)19-21-11-7-4-8-12-21/h4,7-8,11-12,20,22-24H,3,5-6,9-10,13-19H2,1-2H3,(H2,27,28,29). The number of rotatable bonds is 7. The number of aliphatic imine (C=N–C) groups is 1. The molecular weight excluding hydrogens is 398 g/mol. The summed E-state index contributed by atoms with van der Waals surface area (Å²) in [7, 11) is 3.58. The lowest BCUT2D eigenvalue weighted by Gasteiger charge is -2.39. The third-order valence-electron chi connectivity index (χ3n) is 7.59. The summed E-state index contributed by atoms with van der Waals surface area (Å²) >= 11 is 0. The summed E-state index contributed by atoms with van der Waals surface area (Å²) in [5, 5.41) is 7.30. The maximum absolute atomic E-state index is 12.1. The topological polar surface area (TPSA) is 60.0 Å². The van der Waals surface area contributed by atoms with E-state index < -0.39 is 0 Å². The molecule has 2 heterocycles. The van der Waals surface area contributed by atoms with Gasteiger partial charge in [0.15, 0.2) is 5.96 Å². The fourth-order valence-corrected chi connectivity index (χ4v) is 5.71. The zero-order chi connectivity index (χ0) is 22.3. The number of guanidine groups is 1. The summed E-state index contributed by atoms with van der Waals surface area (Å²) in [6, 6.07) is 12.5. The Balaban J connectivity index is 1.35. The van der Waals surface area contributed by atoms with Crippen molar-refractivity contribution in [1.29, 1.82) is 0 Å². The summed E-state index contributed by atoms with van der Waals surface area (Å²) in [6.07, 6.45) is 11.5. The third-order valence-corrected chi connectivity index (χ3v) is 7.59. The van der Waals surface area contributed by atoms with Crippen LogP contribution in [-0.2, 0) is 11.3 Å². The van der Waals surface area contributed by atoms with Gasteiger partial charge < -0.3 is 15.5 Å². The van der Waals surface area contributed by atoms with Crippen LogP contribution in [0.25, 0.3) is 0 Å². The van der Waals surface area contributed by atoms with E-state index in [1.54, 1.807) is 19.0 Å². The van der Waals surface area contributed by atoms with Crippen LogP contribution in [0.3, 0.4) is 0 Å². The van der Waals surface area contributed by atoms with Crippen LogP contribution in [0.4, 0.5) is 0 Å². The smallest absolute Gasteiger partial charge is 0.243 e. The number of hydrogen-bond donors (Lipinski definition) is 2. The average molecular weight is 440 g/mol. The van der Waals surface area contributed by atoms with Crippen LogP contribution in [-0.4, -0.2) is 67.0 Å². The van der Waals surface area contributed by atoms with Gasteiger partial charge in [-0.15, -0.1) is 0 Å². The Morgan fingerprint density at radius 2 is 1.72 bits per heavy atom. The Hall–Kier alpha value is -2.08. The molecule has 1 aromatic rings. The minimum atomic E-state index is 0.0431. The number of piperidine rings is 1. The van der Waals surface area contributed by atoms with Gasteiger partial charge in [0.2, 0.25) is 5.91 Å². The second kappa shape index (κ2) is 11.2. The highest BCUT2D eigenvalue weighted by atomic mass is 16.2. The van der Waals surface area contributed by atoms with Crippen LogP contribution in [0.1, 0.15) is 63.4 Å². The molecule has 3 aliphatic rings. The van der Waals surface area contributed by atoms with Crippen LogP contribution < -0.4 is 10.6 Å². The molecule has 0 radical (unpaired) electrons. The Bertz CT molecular complexity index is 745. The first-order valence-corrected chi connectivity index (χ1v) is 12.6.